The summed E-state index contributed by atoms with van der Waals surface area (Å²) in [5.41, 5.74) is 4.01. The number of carbonyl (C=O) groups is 2. The van der Waals surface area contributed by atoms with E-state index >= 15 is 0 Å². The quantitative estimate of drug-likeness (QED) is 0.562. The van der Waals surface area contributed by atoms with Gasteiger partial charge in [0.15, 0.2) is 0 Å². The molecule has 31 heavy (non-hydrogen) atoms. The fourth-order valence-electron chi connectivity index (χ4n) is 2.86. The molecule has 0 bridgehead atoms. The van der Waals surface area contributed by atoms with Gasteiger partial charge in [0.05, 0.1) is 19.2 Å². The highest BCUT2D eigenvalue weighted by Gasteiger charge is 2.08. The van der Waals surface area contributed by atoms with Gasteiger partial charge in [-0.15, -0.1) is 0 Å². The van der Waals surface area contributed by atoms with E-state index in [1.807, 2.05) is 38.1 Å². The van der Waals surface area contributed by atoms with Gasteiger partial charge in [-0.2, -0.15) is 0 Å². The number of methoxy groups -OCH3 is 1. The van der Waals surface area contributed by atoms with Crippen molar-refractivity contribution in [3.63, 3.8) is 0 Å². The zero-order valence-corrected chi connectivity index (χ0v) is 17.7. The topological polar surface area (TPSA) is 93.2 Å². The Bertz CT molecular complexity index is 1090. The van der Waals surface area contributed by atoms with Crippen LogP contribution < -0.4 is 15.4 Å². The Hall–Kier alpha value is -4.00. The van der Waals surface area contributed by atoms with Crippen molar-refractivity contribution in [1.82, 2.24) is 9.97 Å². The molecule has 0 aliphatic rings. The van der Waals surface area contributed by atoms with E-state index in [-0.39, 0.29) is 18.2 Å². The first kappa shape index (κ1) is 21.7. The fraction of sp³-hybridized carbons (Fsp3) is 0.167. The number of nitrogens with zero attached hydrogens (tertiary/aromatic N) is 2. The number of amides is 2. The van der Waals surface area contributed by atoms with Crippen LogP contribution in [0.25, 0.3) is 11.3 Å². The molecule has 158 valence electrons. The van der Waals surface area contributed by atoms with Crippen LogP contribution >= 0.6 is 0 Å². The van der Waals surface area contributed by atoms with Crippen molar-refractivity contribution in [2.45, 2.75) is 20.3 Å². The van der Waals surface area contributed by atoms with Crippen molar-refractivity contribution in [2.75, 3.05) is 17.7 Å². The minimum Gasteiger partial charge on any atom is -0.497 e. The number of rotatable bonds is 7. The number of allylic oxidation sites excluding steroid dienone is 1. The number of aromatic nitrogens is 2. The van der Waals surface area contributed by atoms with Crippen LogP contribution in [0.3, 0.4) is 0 Å². The Kier molecular flexibility index (Phi) is 7.11. The third-order valence-corrected chi connectivity index (χ3v) is 4.33. The minimum atomic E-state index is -0.194. The molecular formula is C24H24N4O3. The van der Waals surface area contributed by atoms with Crippen LogP contribution in [0.5, 0.6) is 5.75 Å². The molecule has 2 amide bonds. The van der Waals surface area contributed by atoms with Crippen LogP contribution in [-0.4, -0.2) is 28.9 Å². The molecule has 0 saturated heterocycles. The van der Waals surface area contributed by atoms with Crippen molar-refractivity contribution in [2.24, 2.45) is 0 Å². The van der Waals surface area contributed by atoms with Crippen LogP contribution in [0.15, 0.2) is 72.6 Å². The first-order valence-electron chi connectivity index (χ1n) is 9.74. The Morgan fingerprint density at radius 3 is 2.32 bits per heavy atom. The number of benzene rings is 2. The molecule has 0 unspecified atom stereocenters. The summed E-state index contributed by atoms with van der Waals surface area (Å²) in [6, 6.07) is 16.4. The minimum absolute atomic E-state index is 0.179. The highest BCUT2D eigenvalue weighted by Crippen LogP contribution is 2.22. The van der Waals surface area contributed by atoms with Crippen LogP contribution in [0.1, 0.15) is 19.4 Å². The number of nitrogens with one attached hydrogen (secondary N) is 2. The Balaban J connectivity index is 1.60. The smallest absolute Gasteiger partial charge is 0.248 e. The first-order chi connectivity index (χ1) is 14.9. The van der Waals surface area contributed by atoms with Crippen molar-refractivity contribution < 1.29 is 14.3 Å². The molecule has 0 saturated carbocycles. The molecule has 7 nitrogen and oxygen atoms in total. The van der Waals surface area contributed by atoms with Crippen molar-refractivity contribution in [3.8, 4) is 17.0 Å². The molecule has 0 atom stereocenters. The molecule has 1 aromatic heterocycles. The number of hydrogen-bond donors (Lipinski definition) is 2. The lowest BCUT2D eigenvalue weighted by atomic mass is 10.1. The number of carbonyl (C=O) groups excluding carboxylic acids is 2. The summed E-state index contributed by atoms with van der Waals surface area (Å²) >= 11 is 0. The van der Waals surface area contributed by atoms with Crippen LogP contribution in [0.4, 0.5) is 11.5 Å². The van der Waals surface area contributed by atoms with Crippen LogP contribution in [0, 0.1) is 0 Å². The number of anilines is 2. The molecule has 0 aliphatic heterocycles. The van der Waals surface area contributed by atoms with E-state index < -0.39 is 0 Å². The van der Waals surface area contributed by atoms with E-state index in [0.717, 1.165) is 22.4 Å². The van der Waals surface area contributed by atoms with Crippen molar-refractivity contribution >= 4 is 23.3 Å². The zero-order valence-electron chi connectivity index (χ0n) is 17.7. The second-order valence-corrected chi connectivity index (χ2v) is 7.15. The van der Waals surface area contributed by atoms with Gasteiger partial charge in [0.1, 0.15) is 17.9 Å². The van der Waals surface area contributed by atoms with Crippen molar-refractivity contribution in [1.29, 1.82) is 0 Å². The van der Waals surface area contributed by atoms with Gasteiger partial charge in [0, 0.05) is 23.4 Å². The molecule has 2 N–H and O–H groups in total. The summed E-state index contributed by atoms with van der Waals surface area (Å²) in [6.07, 6.45) is 3.13. The molecule has 1 heterocycles. The predicted octanol–water partition coefficient (Wildman–Crippen LogP) is 4.24. The molecule has 0 fully saturated rings. The fourth-order valence-corrected chi connectivity index (χ4v) is 2.86. The Morgan fingerprint density at radius 1 is 0.968 bits per heavy atom. The molecule has 0 aliphatic carbocycles. The Morgan fingerprint density at radius 2 is 1.68 bits per heavy atom. The lowest BCUT2D eigenvalue weighted by molar-refractivity contribution is -0.115. The highest BCUT2D eigenvalue weighted by molar-refractivity contribution is 5.99. The second kappa shape index (κ2) is 10.2. The van der Waals surface area contributed by atoms with Gasteiger partial charge in [-0.3, -0.25) is 9.59 Å². The third-order valence-electron chi connectivity index (χ3n) is 4.33. The maximum atomic E-state index is 12.4. The SMILES string of the molecule is COc1ccc(-c2cc(NC(=O)Cc3ccc(NC(=O)C=C(C)C)cc3)ncn2)cc1. The lowest BCUT2D eigenvalue weighted by Crippen LogP contribution is -2.15. The maximum absolute atomic E-state index is 12.4. The summed E-state index contributed by atoms with van der Waals surface area (Å²) in [4.78, 5) is 32.6. The zero-order chi connectivity index (χ0) is 22.2. The molecule has 2 aromatic carbocycles. The van der Waals surface area contributed by atoms with E-state index in [1.165, 1.54) is 12.4 Å². The molecule has 3 aromatic rings. The van der Waals surface area contributed by atoms with Gasteiger partial charge < -0.3 is 15.4 Å². The van der Waals surface area contributed by atoms with E-state index in [1.54, 1.807) is 37.4 Å². The average molecular weight is 416 g/mol. The van der Waals surface area contributed by atoms with E-state index in [9.17, 15) is 9.59 Å². The normalized spacial score (nSPS) is 10.2. The summed E-state index contributed by atoms with van der Waals surface area (Å²) in [5.74, 6) is 0.813. The molecule has 3 rings (SSSR count). The van der Waals surface area contributed by atoms with Crippen LogP contribution in [-0.2, 0) is 16.0 Å². The van der Waals surface area contributed by atoms with E-state index in [0.29, 0.717) is 17.2 Å². The second-order valence-electron chi connectivity index (χ2n) is 7.15. The highest BCUT2D eigenvalue weighted by atomic mass is 16.5. The maximum Gasteiger partial charge on any atom is 0.248 e. The lowest BCUT2D eigenvalue weighted by Gasteiger charge is -2.08. The molecule has 0 radical (unpaired) electrons. The van der Waals surface area contributed by atoms with Gasteiger partial charge in [0.2, 0.25) is 11.8 Å². The predicted molar refractivity (Wildman–Crippen MR) is 121 cm³/mol. The van der Waals surface area contributed by atoms with E-state index in [2.05, 4.69) is 20.6 Å². The van der Waals surface area contributed by atoms with Crippen molar-refractivity contribution in [3.05, 3.63) is 78.1 Å². The average Bonchev–Trinajstić information content (AvgIpc) is 2.75. The standard InChI is InChI=1S/C24H24N4O3/c1-16(2)12-23(29)27-19-8-4-17(5-9-19)13-24(30)28-22-14-21(25-15-26-22)18-6-10-20(31-3)11-7-18/h4-12,14-15H,13H2,1-3H3,(H,27,29)(H,25,26,28,30). The van der Waals surface area contributed by atoms with Gasteiger partial charge in [0.25, 0.3) is 0 Å². The number of hydrogen-bond acceptors (Lipinski definition) is 5. The van der Waals surface area contributed by atoms with Gasteiger partial charge in [-0.05, 0) is 55.8 Å². The van der Waals surface area contributed by atoms with Crippen LogP contribution in [0.2, 0.25) is 0 Å². The third kappa shape index (κ3) is 6.50. The van der Waals surface area contributed by atoms with E-state index in [4.69, 9.17) is 4.74 Å². The largest absolute Gasteiger partial charge is 0.497 e. The molecule has 0 spiro atoms. The molecular weight excluding hydrogens is 392 g/mol. The summed E-state index contributed by atoms with van der Waals surface area (Å²) < 4.78 is 5.17. The summed E-state index contributed by atoms with van der Waals surface area (Å²) in [5, 5.41) is 5.58. The first-order valence-corrected chi connectivity index (χ1v) is 9.74. The summed E-state index contributed by atoms with van der Waals surface area (Å²) in [7, 11) is 1.61. The summed E-state index contributed by atoms with van der Waals surface area (Å²) in [6.45, 7) is 3.72. The van der Waals surface area contributed by atoms with Gasteiger partial charge >= 0.3 is 0 Å². The van der Waals surface area contributed by atoms with Gasteiger partial charge in [-0.1, -0.05) is 17.7 Å². The molecule has 7 heteroatoms. The number of ether oxygens (including phenoxy) is 1. The monoisotopic (exact) mass is 416 g/mol. The van der Waals surface area contributed by atoms with Gasteiger partial charge in [-0.25, -0.2) is 9.97 Å². The Labute approximate surface area is 181 Å².